The maximum absolute atomic E-state index is 12.7. The zero-order valence-corrected chi connectivity index (χ0v) is 15.9. The van der Waals surface area contributed by atoms with E-state index >= 15 is 0 Å². The van der Waals surface area contributed by atoms with Gasteiger partial charge in [0.25, 0.3) is 5.91 Å². The van der Waals surface area contributed by atoms with E-state index in [2.05, 4.69) is 37.9 Å². The minimum absolute atomic E-state index is 0.160. The van der Waals surface area contributed by atoms with Gasteiger partial charge in [-0.1, -0.05) is 26.0 Å². The quantitative estimate of drug-likeness (QED) is 0.838. The Morgan fingerprint density at radius 2 is 1.48 bits per heavy atom. The molecule has 2 aliphatic rings. The number of rotatable bonds is 4. The normalized spacial score (nSPS) is 21.0. The number of benzene rings is 1. The van der Waals surface area contributed by atoms with Gasteiger partial charge in [-0.2, -0.15) is 0 Å². The molecule has 0 aromatic heterocycles. The largest absolute Gasteiger partial charge is 0.375 e. The van der Waals surface area contributed by atoms with Gasteiger partial charge in [0.05, 0.1) is 12.2 Å². The van der Waals surface area contributed by atoms with Gasteiger partial charge in [0.1, 0.15) is 0 Å². The third kappa shape index (κ3) is 4.83. The van der Waals surface area contributed by atoms with Crippen molar-refractivity contribution in [3.63, 3.8) is 0 Å². The number of amides is 1. The average Bonchev–Trinajstić information content (AvgIpc) is 2.64. The van der Waals surface area contributed by atoms with E-state index in [0.29, 0.717) is 18.1 Å². The van der Waals surface area contributed by atoms with Crippen LogP contribution >= 0.6 is 0 Å². The molecule has 25 heavy (non-hydrogen) atoms. The van der Waals surface area contributed by atoms with Gasteiger partial charge in [0, 0.05) is 31.7 Å². The van der Waals surface area contributed by atoms with E-state index in [9.17, 15) is 4.79 Å². The summed E-state index contributed by atoms with van der Waals surface area (Å²) in [4.78, 5) is 17.0. The molecule has 1 aromatic rings. The summed E-state index contributed by atoms with van der Waals surface area (Å²) in [6, 6.07) is 8.10. The molecular formula is C21H32N2O2. The van der Waals surface area contributed by atoms with Crippen LogP contribution in [-0.4, -0.2) is 61.1 Å². The first-order valence-electron chi connectivity index (χ1n) is 9.76. The molecular weight excluding hydrogens is 312 g/mol. The third-order valence-corrected chi connectivity index (χ3v) is 5.60. The molecule has 0 N–H and O–H groups in total. The number of likely N-dealkylation sites (tertiary alicyclic amines) is 2. The van der Waals surface area contributed by atoms with Crippen molar-refractivity contribution in [2.24, 2.45) is 0 Å². The van der Waals surface area contributed by atoms with Crippen LogP contribution in [0.4, 0.5) is 0 Å². The lowest BCUT2D eigenvalue weighted by atomic mass is 10.0. The van der Waals surface area contributed by atoms with Crippen LogP contribution in [0.5, 0.6) is 0 Å². The van der Waals surface area contributed by atoms with Crippen LogP contribution in [0.2, 0.25) is 0 Å². The van der Waals surface area contributed by atoms with Crippen molar-refractivity contribution in [3.05, 3.63) is 35.4 Å². The molecule has 0 bridgehead atoms. The molecule has 0 atom stereocenters. The summed E-state index contributed by atoms with van der Waals surface area (Å²) in [6.45, 7) is 8.23. The highest BCUT2D eigenvalue weighted by Gasteiger charge is 2.27. The highest BCUT2D eigenvalue weighted by atomic mass is 16.5. The highest BCUT2D eigenvalue weighted by Crippen LogP contribution is 2.22. The summed E-state index contributed by atoms with van der Waals surface area (Å²) in [6.07, 6.45) is 4.92. The van der Waals surface area contributed by atoms with E-state index in [1.165, 1.54) is 5.56 Å². The summed E-state index contributed by atoms with van der Waals surface area (Å²) in [5, 5.41) is 0. The van der Waals surface area contributed by atoms with E-state index in [1.54, 1.807) is 0 Å². The molecule has 3 rings (SSSR count). The minimum atomic E-state index is 0.160. The standard InChI is InChI=1S/C21H32N2O2/c1-16(2)17-4-6-18(7-5-17)21(24)23-14-10-20(11-15-23)25-19-8-12-22(3)13-9-19/h4-7,16,19-20H,8-15H2,1-3H3. The van der Waals surface area contributed by atoms with Crippen LogP contribution in [0.1, 0.15) is 61.4 Å². The Labute approximate surface area is 152 Å². The van der Waals surface area contributed by atoms with Crippen LogP contribution in [-0.2, 0) is 4.74 Å². The molecule has 0 radical (unpaired) electrons. The number of carbonyl (C=O) groups is 1. The monoisotopic (exact) mass is 344 g/mol. The van der Waals surface area contributed by atoms with Crippen LogP contribution < -0.4 is 0 Å². The van der Waals surface area contributed by atoms with Crippen molar-refractivity contribution >= 4 is 5.91 Å². The summed E-state index contributed by atoms with van der Waals surface area (Å²) in [7, 11) is 2.17. The van der Waals surface area contributed by atoms with E-state index < -0.39 is 0 Å². The molecule has 0 unspecified atom stereocenters. The fourth-order valence-electron chi connectivity index (χ4n) is 3.78. The van der Waals surface area contributed by atoms with Crippen molar-refractivity contribution in [1.82, 2.24) is 9.80 Å². The van der Waals surface area contributed by atoms with E-state index in [0.717, 1.165) is 57.4 Å². The average molecular weight is 344 g/mol. The number of ether oxygens (including phenoxy) is 1. The SMILES string of the molecule is CC(C)c1ccc(C(=O)N2CCC(OC3CCN(C)CC3)CC2)cc1. The lowest BCUT2D eigenvalue weighted by Crippen LogP contribution is -2.43. The fourth-order valence-corrected chi connectivity index (χ4v) is 3.78. The lowest BCUT2D eigenvalue weighted by molar-refractivity contribution is -0.0599. The molecule has 2 aliphatic heterocycles. The van der Waals surface area contributed by atoms with Crippen molar-refractivity contribution in [2.45, 2.75) is 57.7 Å². The van der Waals surface area contributed by atoms with Crippen LogP contribution in [0, 0.1) is 0 Å². The molecule has 0 spiro atoms. The molecule has 0 saturated carbocycles. The summed E-state index contributed by atoms with van der Waals surface area (Å²) in [5.74, 6) is 0.657. The molecule has 4 heteroatoms. The van der Waals surface area contributed by atoms with Gasteiger partial charge >= 0.3 is 0 Å². The van der Waals surface area contributed by atoms with Crippen LogP contribution in [0.15, 0.2) is 24.3 Å². The zero-order chi connectivity index (χ0) is 17.8. The van der Waals surface area contributed by atoms with E-state index in [4.69, 9.17) is 4.74 Å². The first-order valence-corrected chi connectivity index (χ1v) is 9.76. The van der Waals surface area contributed by atoms with Gasteiger partial charge in [0.15, 0.2) is 0 Å². The van der Waals surface area contributed by atoms with Gasteiger partial charge < -0.3 is 14.5 Å². The first kappa shape index (κ1) is 18.4. The second-order valence-corrected chi connectivity index (χ2v) is 7.91. The zero-order valence-electron chi connectivity index (χ0n) is 15.9. The Hall–Kier alpha value is -1.39. The number of hydrogen-bond acceptors (Lipinski definition) is 3. The van der Waals surface area contributed by atoms with Crippen molar-refractivity contribution in [1.29, 1.82) is 0 Å². The topological polar surface area (TPSA) is 32.8 Å². The Bertz CT molecular complexity index is 554. The van der Waals surface area contributed by atoms with Gasteiger partial charge in [-0.15, -0.1) is 0 Å². The lowest BCUT2D eigenvalue weighted by Gasteiger charge is -2.36. The second kappa shape index (κ2) is 8.33. The number of nitrogens with zero attached hydrogens (tertiary/aromatic N) is 2. The Morgan fingerprint density at radius 3 is 2.00 bits per heavy atom. The summed E-state index contributed by atoms with van der Waals surface area (Å²) >= 11 is 0. The van der Waals surface area contributed by atoms with Crippen molar-refractivity contribution < 1.29 is 9.53 Å². The Kier molecular flexibility index (Phi) is 6.13. The summed E-state index contributed by atoms with van der Waals surface area (Å²) in [5.41, 5.74) is 2.08. The molecule has 1 amide bonds. The molecule has 0 aliphatic carbocycles. The molecule has 138 valence electrons. The summed E-state index contributed by atoms with van der Waals surface area (Å²) < 4.78 is 6.29. The molecule has 2 heterocycles. The van der Waals surface area contributed by atoms with Crippen LogP contribution in [0.25, 0.3) is 0 Å². The predicted molar refractivity (Wildman–Crippen MR) is 101 cm³/mol. The predicted octanol–water partition coefficient (Wildman–Crippen LogP) is 3.53. The second-order valence-electron chi connectivity index (χ2n) is 7.91. The van der Waals surface area contributed by atoms with Crippen molar-refractivity contribution in [3.8, 4) is 0 Å². The van der Waals surface area contributed by atoms with Crippen LogP contribution in [0.3, 0.4) is 0 Å². The number of hydrogen-bond donors (Lipinski definition) is 0. The Morgan fingerprint density at radius 1 is 0.960 bits per heavy atom. The van der Waals surface area contributed by atoms with Gasteiger partial charge in [-0.25, -0.2) is 0 Å². The van der Waals surface area contributed by atoms with Gasteiger partial charge in [0.2, 0.25) is 0 Å². The maximum atomic E-state index is 12.7. The van der Waals surface area contributed by atoms with Gasteiger partial charge in [-0.3, -0.25) is 4.79 Å². The number of piperidine rings is 2. The molecule has 2 fully saturated rings. The highest BCUT2D eigenvalue weighted by molar-refractivity contribution is 5.94. The van der Waals surface area contributed by atoms with E-state index in [1.807, 2.05) is 17.0 Å². The van der Waals surface area contributed by atoms with E-state index in [-0.39, 0.29) is 5.91 Å². The molecule has 2 saturated heterocycles. The Balaban J connectivity index is 1.47. The minimum Gasteiger partial charge on any atom is -0.375 e. The van der Waals surface area contributed by atoms with Crippen molar-refractivity contribution in [2.75, 3.05) is 33.2 Å². The number of carbonyl (C=O) groups excluding carboxylic acids is 1. The molecule has 4 nitrogen and oxygen atoms in total. The fraction of sp³-hybridized carbons (Fsp3) is 0.667. The van der Waals surface area contributed by atoms with Gasteiger partial charge in [-0.05, 0) is 56.3 Å². The first-order chi connectivity index (χ1) is 12.0. The maximum Gasteiger partial charge on any atom is 0.253 e. The molecule has 1 aromatic carbocycles. The third-order valence-electron chi connectivity index (χ3n) is 5.60. The smallest absolute Gasteiger partial charge is 0.253 e.